The van der Waals surface area contributed by atoms with E-state index in [9.17, 15) is 0 Å². The highest BCUT2D eigenvalue weighted by molar-refractivity contribution is 6.37. The molecule has 5 aromatic rings. The summed E-state index contributed by atoms with van der Waals surface area (Å²) in [6, 6.07) is 16.9. The first kappa shape index (κ1) is 22.0. The molecule has 7 nitrogen and oxygen atoms in total. The fourth-order valence-electron chi connectivity index (χ4n) is 3.88. The summed E-state index contributed by atoms with van der Waals surface area (Å²) in [5, 5.41) is 18.3. The van der Waals surface area contributed by atoms with Crippen LogP contribution in [0.1, 0.15) is 17.0 Å². The molecule has 0 bridgehead atoms. The topological polar surface area (TPSA) is 77.5 Å². The second kappa shape index (κ2) is 9.21. The second-order valence-electron chi connectivity index (χ2n) is 7.58. The van der Waals surface area contributed by atoms with Crippen LogP contribution in [-0.2, 0) is 6.61 Å². The average Bonchev–Trinajstić information content (AvgIpc) is 3.52. The maximum Gasteiger partial charge on any atom is 0.146 e. The van der Waals surface area contributed by atoms with Crippen LogP contribution in [0.2, 0.25) is 10.0 Å². The summed E-state index contributed by atoms with van der Waals surface area (Å²) >= 11 is 13.3. The van der Waals surface area contributed by atoms with Crippen LogP contribution >= 0.6 is 23.2 Å². The molecule has 0 saturated carbocycles. The van der Waals surface area contributed by atoms with Crippen molar-refractivity contribution in [3.8, 4) is 17.1 Å². The average molecular weight is 492 g/mol. The Balaban J connectivity index is 1.53. The van der Waals surface area contributed by atoms with Crippen LogP contribution < -0.4 is 4.74 Å². The van der Waals surface area contributed by atoms with Gasteiger partial charge in [0.1, 0.15) is 17.9 Å². The van der Waals surface area contributed by atoms with Gasteiger partial charge in [0.05, 0.1) is 28.3 Å². The minimum atomic E-state index is 0.141. The number of hydrogen-bond donors (Lipinski definition) is 1. The Bertz CT molecular complexity index is 1510. The predicted molar refractivity (Wildman–Crippen MR) is 133 cm³/mol. The molecule has 1 N–H and O–H groups in total. The predicted octanol–water partition coefficient (Wildman–Crippen LogP) is 6.21. The number of fused-ring (bicyclic) bond motifs is 1. The minimum Gasteiger partial charge on any atom is -0.487 e. The normalized spacial score (nSPS) is 11.5. The van der Waals surface area contributed by atoms with Crippen molar-refractivity contribution in [3.63, 3.8) is 0 Å². The third-order valence-corrected chi connectivity index (χ3v) is 6.20. The molecule has 3 heterocycles. The number of benzene rings is 2. The summed E-state index contributed by atoms with van der Waals surface area (Å²) in [6.07, 6.45) is 6.79. The number of halogens is 2. The van der Waals surface area contributed by atoms with Crippen molar-refractivity contribution in [2.24, 2.45) is 5.16 Å². The standard InChI is InChI=1S/C25H19Cl2N5O2/c1-16-13-22(32-12-4-10-28-32)18-6-2-7-23(25(18)30-16)34-15-19-20(26)8-9-21(24(19)27)31-11-3-5-17(31)14-29-33/h2-14,33H,15H2,1H3/b29-14-. The summed E-state index contributed by atoms with van der Waals surface area (Å²) in [4.78, 5) is 4.72. The van der Waals surface area contributed by atoms with Crippen molar-refractivity contribution in [1.29, 1.82) is 0 Å². The van der Waals surface area contributed by atoms with Crippen LogP contribution in [0.15, 0.2) is 78.3 Å². The lowest BCUT2D eigenvalue weighted by Gasteiger charge is -2.16. The van der Waals surface area contributed by atoms with Gasteiger partial charge in [-0.25, -0.2) is 9.67 Å². The van der Waals surface area contributed by atoms with Crippen LogP contribution in [-0.4, -0.2) is 30.8 Å². The Kier molecular flexibility index (Phi) is 5.96. The molecule has 0 unspecified atom stereocenters. The van der Waals surface area contributed by atoms with E-state index in [4.69, 9.17) is 38.1 Å². The van der Waals surface area contributed by atoms with Crippen molar-refractivity contribution in [2.45, 2.75) is 13.5 Å². The summed E-state index contributed by atoms with van der Waals surface area (Å²) in [5.74, 6) is 0.612. The van der Waals surface area contributed by atoms with Gasteiger partial charge in [-0.15, -0.1) is 0 Å². The molecular weight excluding hydrogens is 473 g/mol. The zero-order valence-corrected chi connectivity index (χ0v) is 19.6. The first-order chi connectivity index (χ1) is 16.6. The van der Waals surface area contributed by atoms with Crippen molar-refractivity contribution in [2.75, 3.05) is 0 Å². The highest BCUT2D eigenvalue weighted by atomic mass is 35.5. The van der Waals surface area contributed by atoms with E-state index in [0.29, 0.717) is 32.7 Å². The Morgan fingerprint density at radius 2 is 1.94 bits per heavy atom. The molecule has 0 atom stereocenters. The molecule has 170 valence electrons. The summed E-state index contributed by atoms with van der Waals surface area (Å²) in [7, 11) is 0. The lowest BCUT2D eigenvalue weighted by Crippen LogP contribution is -2.04. The maximum atomic E-state index is 8.94. The number of ether oxygens (including phenoxy) is 1. The van der Waals surface area contributed by atoms with Gasteiger partial charge in [0.15, 0.2) is 0 Å². The number of oxime groups is 1. The number of rotatable bonds is 6. The smallest absolute Gasteiger partial charge is 0.146 e. The summed E-state index contributed by atoms with van der Waals surface area (Å²) in [5.41, 5.74) is 4.48. The molecule has 34 heavy (non-hydrogen) atoms. The van der Waals surface area contributed by atoms with Gasteiger partial charge in [-0.05, 0) is 49.4 Å². The fourth-order valence-corrected chi connectivity index (χ4v) is 4.45. The summed E-state index contributed by atoms with van der Waals surface area (Å²) < 4.78 is 9.82. The van der Waals surface area contributed by atoms with Crippen molar-refractivity contribution in [3.05, 3.63) is 100 Å². The fraction of sp³-hybridized carbons (Fsp3) is 0.0800. The Morgan fingerprint density at radius 3 is 2.74 bits per heavy atom. The van der Waals surface area contributed by atoms with Crippen LogP contribution in [0.25, 0.3) is 22.3 Å². The van der Waals surface area contributed by atoms with E-state index < -0.39 is 0 Å². The first-order valence-electron chi connectivity index (χ1n) is 10.4. The zero-order chi connectivity index (χ0) is 23.7. The third kappa shape index (κ3) is 4.00. The quantitative estimate of drug-likeness (QED) is 0.174. The van der Waals surface area contributed by atoms with E-state index >= 15 is 0 Å². The maximum absolute atomic E-state index is 8.94. The largest absolute Gasteiger partial charge is 0.487 e. The van der Waals surface area contributed by atoms with Gasteiger partial charge in [0.25, 0.3) is 0 Å². The molecule has 0 amide bonds. The van der Waals surface area contributed by atoms with Gasteiger partial charge in [-0.1, -0.05) is 40.5 Å². The molecule has 9 heteroatoms. The molecule has 0 spiro atoms. The van der Waals surface area contributed by atoms with Crippen molar-refractivity contribution in [1.82, 2.24) is 19.3 Å². The van der Waals surface area contributed by atoms with Crippen LogP contribution in [0.3, 0.4) is 0 Å². The SMILES string of the molecule is Cc1cc(-n2cccn2)c2cccc(OCc3c(Cl)ccc(-n4cccc4/C=N\O)c3Cl)c2n1. The van der Waals surface area contributed by atoms with Gasteiger partial charge in [-0.3, -0.25) is 0 Å². The van der Waals surface area contributed by atoms with E-state index in [-0.39, 0.29) is 6.61 Å². The lowest BCUT2D eigenvalue weighted by molar-refractivity contribution is 0.309. The molecule has 0 aliphatic heterocycles. The van der Waals surface area contributed by atoms with Crippen LogP contribution in [0.4, 0.5) is 0 Å². The Morgan fingerprint density at radius 1 is 1.06 bits per heavy atom. The van der Waals surface area contributed by atoms with Gasteiger partial charge < -0.3 is 14.5 Å². The van der Waals surface area contributed by atoms with Gasteiger partial charge in [0, 0.05) is 40.3 Å². The molecule has 3 aromatic heterocycles. The van der Waals surface area contributed by atoms with Crippen molar-refractivity contribution >= 4 is 40.3 Å². The minimum absolute atomic E-state index is 0.141. The van der Waals surface area contributed by atoms with E-state index in [2.05, 4.69) is 10.3 Å². The van der Waals surface area contributed by atoms with Gasteiger partial charge in [0.2, 0.25) is 0 Å². The van der Waals surface area contributed by atoms with Crippen LogP contribution in [0, 0.1) is 6.92 Å². The molecule has 2 aromatic carbocycles. The highest BCUT2D eigenvalue weighted by Gasteiger charge is 2.16. The van der Waals surface area contributed by atoms with E-state index in [1.54, 1.807) is 16.8 Å². The van der Waals surface area contributed by atoms with E-state index in [1.165, 1.54) is 6.21 Å². The number of aromatic nitrogens is 4. The second-order valence-corrected chi connectivity index (χ2v) is 8.37. The van der Waals surface area contributed by atoms with Crippen molar-refractivity contribution < 1.29 is 9.94 Å². The monoisotopic (exact) mass is 491 g/mol. The number of hydrogen-bond acceptors (Lipinski definition) is 5. The Hall–Kier alpha value is -3.81. The highest BCUT2D eigenvalue weighted by Crippen LogP contribution is 2.34. The summed E-state index contributed by atoms with van der Waals surface area (Å²) in [6.45, 7) is 2.08. The molecule has 0 aliphatic carbocycles. The molecule has 0 fully saturated rings. The number of para-hydroxylation sites is 1. The molecule has 0 radical (unpaired) electrons. The van der Waals surface area contributed by atoms with E-state index in [0.717, 1.165) is 22.3 Å². The van der Waals surface area contributed by atoms with Crippen LogP contribution in [0.5, 0.6) is 5.75 Å². The van der Waals surface area contributed by atoms with E-state index in [1.807, 2.05) is 72.5 Å². The zero-order valence-electron chi connectivity index (χ0n) is 18.1. The van der Waals surface area contributed by atoms with Gasteiger partial charge in [-0.2, -0.15) is 5.10 Å². The molecular formula is C25H19Cl2N5O2. The number of nitrogens with zero attached hydrogens (tertiary/aromatic N) is 5. The third-order valence-electron chi connectivity index (χ3n) is 5.43. The lowest BCUT2D eigenvalue weighted by atomic mass is 10.1. The van der Waals surface area contributed by atoms with Gasteiger partial charge >= 0.3 is 0 Å². The first-order valence-corrected chi connectivity index (χ1v) is 11.2. The number of aryl methyl sites for hydroxylation is 1. The molecule has 0 saturated heterocycles. The Labute approximate surface area is 205 Å². The number of pyridine rings is 1. The molecule has 0 aliphatic rings. The molecule has 5 rings (SSSR count).